The van der Waals surface area contributed by atoms with Gasteiger partial charge in [-0.3, -0.25) is 9.59 Å². The Morgan fingerprint density at radius 2 is 1.88 bits per heavy atom. The number of para-hydroxylation sites is 1. The van der Waals surface area contributed by atoms with Gasteiger partial charge in [0.25, 0.3) is 5.91 Å². The first-order valence-electron chi connectivity index (χ1n) is 8.47. The lowest BCUT2D eigenvalue weighted by Gasteiger charge is -2.25. The third-order valence-corrected chi connectivity index (χ3v) is 4.48. The lowest BCUT2D eigenvalue weighted by atomic mass is 10.2. The minimum absolute atomic E-state index is 0.205. The Hall–Kier alpha value is -2.34. The summed E-state index contributed by atoms with van der Waals surface area (Å²) >= 11 is 0. The van der Waals surface area contributed by atoms with Crippen LogP contribution in [-0.2, 0) is 4.79 Å². The molecule has 1 aliphatic heterocycles. The van der Waals surface area contributed by atoms with Gasteiger partial charge in [0.05, 0.1) is 6.61 Å². The molecule has 0 saturated carbocycles. The van der Waals surface area contributed by atoms with Crippen LogP contribution in [0.5, 0.6) is 0 Å². The zero-order valence-corrected chi connectivity index (χ0v) is 13.6. The van der Waals surface area contributed by atoms with E-state index in [4.69, 9.17) is 0 Å². The number of hydrogen-bond acceptors (Lipinski definition) is 3. The van der Waals surface area contributed by atoms with Crippen molar-refractivity contribution in [3.05, 3.63) is 36.0 Å². The number of aliphatic hydroxyl groups excluding tert-OH is 1. The highest BCUT2D eigenvalue weighted by molar-refractivity contribution is 6.00. The fourth-order valence-corrected chi connectivity index (χ4v) is 3.13. The van der Waals surface area contributed by atoms with Crippen LogP contribution in [0.3, 0.4) is 0 Å². The number of carbonyl (C=O) groups is 2. The van der Waals surface area contributed by atoms with Gasteiger partial charge in [-0.1, -0.05) is 31.0 Å². The quantitative estimate of drug-likeness (QED) is 0.797. The fraction of sp³-hybridized carbons (Fsp3) is 0.444. The van der Waals surface area contributed by atoms with Crippen LogP contribution in [0.25, 0.3) is 10.9 Å². The number of rotatable bonds is 4. The third-order valence-electron chi connectivity index (χ3n) is 4.48. The van der Waals surface area contributed by atoms with Crippen LogP contribution in [0.15, 0.2) is 30.3 Å². The Balaban J connectivity index is 1.69. The predicted molar refractivity (Wildman–Crippen MR) is 91.7 cm³/mol. The highest BCUT2D eigenvalue weighted by atomic mass is 16.3. The zero-order chi connectivity index (χ0) is 16.9. The highest BCUT2D eigenvalue weighted by Crippen LogP contribution is 2.15. The molecule has 1 fully saturated rings. The van der Waals surface area contributed by atoms with Crippen molar-refractivity contribution in [2.24, 2.45) is 0 Å². The maximum absolute atomic E-state index is 12.6. The first-order chi connectivity index (χ1) is 11.7. The summed E-state index contributed by atoms with van der Waals surface area (Å²) in [6.45, 7) is 0.983. The van der Waals surface area contributed by atoms with Gasteiger partial charge in [0, 0.05) is 24.0 Å². The smallest absolute Gasteiger partial charge is 0.268 e. The highest BCUT2D eigenvalue weighted by Gasteiger charge is 2.26. The van der Waals surface area contributed by atoms with Crippen LogP contribution in [0.1, 0.15) is 36.2 Å². The molecule has 0 radical (unpaired) electrons. The van der Waals surface area contributed by atoms with Gasteiger partial charge in [0.15, 0.2) is 0 Å². The van der Waals surface area contributed by atoms with Crippen molar-refractivity contribution in [3.63, 3.8) is 0 Å². The van der Waals surface area contributed by atoms with Crippen LogP contribution in [-0.4, -0.2) is 52.5 Å². The normalized spacial score (nSPS) is 16.6. The largest absolute Gasteiger partial charge is 0.394 e. The molecule has 0 spiro atoms. The number of aromatic nitrogens is 1. The number of hydrogen-bond donors (Lipinski definition) is 3. The molecule has 6 heteroatoms. The van der Waals surface area contributed by atoms with E-state index in [-0.39, 0.29) is 11.8 Å². The van der Waals surface area contributed by atoms with E-state index in [1.807, 2.05) is 24.3 Å². The Bertz CT molecular complexity index is 684. The van der Waals surface area contributed by atoms with Crippen LogP contribution in [0, 0.1) is 0 Å². The van der Waals surface area contributed by atoms with Gasteiger partial charge >= 0.3 is 0 Å². The van der Waals surface area contributed by atoms with Crippen molar-refractivity contribution in [1.82, 2.24) is 15.2 Å². The number of aromatic amines is 1. The van der Waals surface area contributed by atoms with Crippen molar-refractivity contribution < 1.29 is 14.7 Å². The van der Waals surface area contributed by atoms with Gasteiger partial charge in [0.1, 0.15) is 11.7 Å². The van der Waals surface area contributed by atoms with Gasteiger partial charge in [-0.15, -0.1) is 0 Å². The Labute approximate surface area is 140 Å². The number of aliphatic hydroxyl groups is 1. The Morgan fingerprint density at radius 3 is 2.54 bits per heavy atom. The van der Waals surface area contributed by atoms with E-state index in [0.29, 0.717) is 18.8 Å². The molecule has 1 aromatic carbocycles. The summed E-state index contributed by atoms with van der Waals surface area (Å²) in [5.74, 6) is -0.586. The molecule has 2 aromatic rings. The summed E-state index contributed by atoms with van der Waals surface area (Å²) in [7, 11) is 0. The van der Waals surface area contributed by atoms with Crippen molar-refractivity contribution in [2.45, 2.75) is 31.7 Å². The molecule has 1 saturated heterocycles. The minimum atomic E-state index is -0.901. The van der Waals surface area contributed by atoms with Gasteiger partial charge in [0.2, 0.25) is 5.91 Å². The minimum Gasteiger partial charge on any atom is -0.394 e. The number of benzene rings is 1. The number of carbonyl (C=O) groups excluding carboxylic acids is 2. The van der Waals surface area contributed by atoms with E-state index in [9.17, 15) is 14.7 Å². The average Bonchev–Trinajstić information content (AvgIpc) is 2.85. The number of nitrogens with one attached hydrogen (secondary N) is 2. The standard InChI is InChI=1S/C18H23N3O3/c22-12-16(18(24)21-9-5-1-2-6-10-21)20-17(23)15-11-13-7-3-4-8-14(13)19-15/h3-4,7-8,11,16,19,22H,1-2,5-6,9-10,12H2,(H,20,23). The van der Waals surface area contributed by atoms with E-state index < -0.39 is 12.6 Å². The molecule has 128 valence electrons. The molecule has 1 aromatic heterocycles. The van der Waals surface area contributed by atoms with Crippen LogP contribution >= 0.6 is 0 Å². The molecule has 0 bridgehead atoms. The number of amides is 2. The van der Waals surface area contributed by atoms with Crippen LogP contribution < -0.4 is 5.32 Å². The Morgan fingerprint density at radius 1 is 1.17 bits per heavy atom. The second kappa shape index (κ2) is 7.49. The average molecular weight is 329 g/mol. The van der Waals surface area contributed by atoms with Gasteiger partial charge in [-0.25, -0.2) is 0 Å². The van der Waals surface area contributed by atoms with E-state index in [1.165, 1.54) is 0 Å². The van der Waals surface area contributed by atoms with E-state index in [1.54, 1.807) is 11.0 Å². The SMILES string of the molecule is O=C(NC(CO)C(=O)N1CCCCCC1)c1cc2ccccc2[nH]1. The van der Waals surface area contributed by atoms with Crippen LogP contribution in [0.4, 0.5) is 0 Å². The number of likely N-dealkylation sites (tertiary alicyclic amines) is 1. The third kappa shape index (κ3) is 3.59. The number of nitrogens with zero attached hydrogens (tertiary/aromatic N) is 1. The van der Waals surface area contributed by atoms with Crippen molar-refractivity contribution in [1.29, 1.82) is 0 Å². The van der Waals surface area contributed by atoms with Gasteiger partial charge in [-0.05, 0) is 25.0 Å². The van der Waals surface area contributed by atoms with E-state index in [0.717, 1.165) is 36.6 Å². The zero-order valence-electron chi connectivity index (χ0n) is 13.6. The molecule has 6 nitrogen and oxygen atoms in total. The monoisotopic (exact) mass is 329 g/mol. The molecule has 3 N–H and O–H groups in total. The summed E-state index contributed by atoms with van der Waals surface area (Å²) < 4.78 is 0. The second-order valence-corrected chi connectivity index (χ2v) is 6.22. The van der Waals surface area contributed by atoms with Crippen molar-refractivity contribution in [2.75, 3.05) is 19.7 Å². The summed E-state index contributed by atoms with van der Waals surface area (Å²) in [5, 5.41) is 13.1. The Kier molecular flexibility index (Phi) is 5.15. The molecule has 1 aliphatic rings. The van der Waals surface area contributed by atoms with Crippen molar-refractivity contribution in [3.8, 4) is 0 Å². The molecule has 1 unspecified atom stereocenters. The molecule has 1 atom stereocenters. The van der Waals surface area contributed by atoms with Crippen LogP contribution in [0.2, 0.25) is 0 Å². The topological polar surface area (TPSA) is 85.4 Å². The lowest BCUT2D eigenvalue weighted by Crippen LogP contribution is -2.50. The molecular formula is C18H23N3O3. The molecule has 2 heterocycles. The predicted octanol–water partition coefficient (Wildman–Crippen LogP) is 1.66. The number of fused-ring (bicyclic) bond motifs is 1. The van der Waals surface area contributed by atoms with Gasteiger partial charge < -0.3 is 20.3 Å². The summed E-state index contributed by atoms with van der Waals surface area (Å²) in [4.78, 5) is 29.8. The first-order valence-corrected chi connectivity index (χ1v) is 8.47. The first kappa shape index (κ1) is 16.5. The van der Waals surface area contributed by atoms with E-state index in [2.05, 4.69) is 10.3 Å². The van der Waals surface area contributed by atoms with E-state index >= 15 is 0 Å². The fourth-order valence-electron chi connectivity index (χ4n) is 3.13. The van der Waals surface area contributed by atoms with Crippen molar-refractivity contribution >= 4 is 22.7 Å². The molecule has 2 amide bonds. The van der Waals surface area contributed by atoms with Gasteiger partial charge in [-0.2, -0.15) is 0 Å². The lowest BCUT2D eigenvalue weighted by molar-refractivity contribution is -0.134. The summed E-state index contributed by atoms with van der Waals surface area (Å²) in [5.41, 5.74) is 1.25. The molecule has 24 heavy (non-hydrogen) atoms. The molecule has 0 aliphatic carbocycles. The summed E-state index contributed by atoms with van der Waals surface area (Å²) in [6, 6.07) is 8.43. The molecular weight excluding hydrogens is 306 g/mol. The maximum Gasteiger partial charge on any atom is 0.268 e. The second-order valence-electron chi connectivity index (χ2n) is 6.22. The summed E-state index contributed by atoms with van der Waals surface area (Å²) in [6.07, 6.45) is 4.18. The molecule has 3 rings (SSSR count). The maximum atomic E-state index is 12.6. The number of H-pyrrole nitrogens is 1.